The molecule has 0 radical (unpaired) electrons. The number of imidazole rings is 1. The number of rotatable bonds is 12. The molecule has 12 heteroatoms. The highest BCUT2D eigenvalue weighted by Crippen LogP contribution is 2.29. The molecule has 3 atom stereocenters. The van der Waals surface area contributed by atoms with Crippen molar-refractivity contribution in [2.24, 2.45) is 0 Å². The summed E-state index contributed by atoms with van der Waals surface area (Å²) < 4.78 is 44.0. The number of nitrogen functional groups attached to an aromatic ring is 1. The highest BCUT2D eigenvalue weighted by molar-refractivity contribution is 7.33. The van der Waals surface area contributed by atoms with Crippen LogP contribution < -0.4 is 15.6 Å². The molecule has 1 unspecified atom stereocenters. The SMILES string of the molecule is CCC[C@@H](CO[P+](=O)Oc1ccccc1)O[C@H](CF)n1cnc2c(NC)nc(N)nc21. The third kappa shape index (κ3) is 5.84. The monoisotopic (exact) mass is 451 g/mol. The van der Waals surface area contributed by atoms with Crippen LogP contribution in [0.4, 0.5) is 16.2 Å². The number of hydrogen-bond acceptors (Lipinski definition) is 9. The van der Waals surface area contributed by atoms with E-state index in [1.54, 1.807) is 31.3 Å². The summed E-state index contributed by atoms with van der Waals surface area (Å²) >= 11 is 0. The van der Waals surface area contributed by atoms with Crippen LogP contribution in [0.1, 0.15) is 26.0 Å². The quantitative estimate of drug-likeness (QED) is 0.395. The predicted octanol–water partition coefficient (Wildman–Crippen LogP) is 3.86. The van der Waals surface area contributed by atoms with Crippen LogP contribution in [0.3, 0.4) is 0 Å². The summed E-state index contributed by atoms with van der Waals surface area (Å²) in [6.07, 6.45) is 1.21. The molecule has 10 nitrogen and oxygen atoms in total. The summed E-state index contributed by atoms with van der Waals surface area (Å²) in [5.41, 5.74) is 6.55. The van der Waals surface area contributed by atoms with Gasteiger partial charge in [0.2, 0.25) is 5.95 Å². The van der Waals surface area contributed by atoms with Gasteiger partial charge in [-0.05, 0) is 18.6 Å². The van der Waals surface area contributed by atoms with Crippen molar-refractivity contribution in [2.75, 3.05) is 31.4 Å². The number of anilines is 2. The number of para-hydroxylation sites is 1. The van der Waals surface area contributed by atoms with Gasteiger partial charge in [-0.15, -0.1) is 4.52 Å². The lowest BCUT2D eigenvalue weighted by Crippen LogP contribution is -2.26. The lowest BCUT2D eigenvalue weighted by molar-refractivity contribution is -0.0816. The number of ether oxygens (including phenoxy) is 1. The molecular formula is C19H25FN6O4P+. The first-order chi connectivity index (χ1) is 15.0. The summed E-state index contributed by atoms with van der Waals surface area (Å²) in [5, 5.41) is 2.89. The summed E-state index contributed by atoms with van der Waals surface area (Å²) in [4.78, 5) is 12.5. The van der Waals surface area contributed by atoms with Crippen LogP contribution in [-0.2, 0) is 13.8 Å². The number of nitrogens with one attached hydrogen (secondary N) is 1. The van der Waals surface area contributed by atoms with Gasteiger partial charge in [0, 0.05) is 11.6 Å². The van der Waals surface area contributed by atoms with E-state index in [2.05, 4.69) is 20.3 Å². The number of hydrogen-bond donors (Lipinski definition) is 2. The first-order valence-electron chi connectivity index (χ1n) is 9.78. The number of nitrogens with two attached hydrogens (primary N) is 1. The summed E-state index contributed by atoms with van der Waals surface area (Å²) in [5.74, 6) is 0.891. The molecule has 0 saturated carbocycles. The Bertz CT molecular complexity index is 1010. The zero-order valence-corrected chi connectivity index (χ0v) is 18.2. The van der Waals surface area contributed by atoms with E-state index in [0.29, 0.717) is 29.2 Å². The standard InChI is InChI=1S/C19H25FN6O4P/c1-3-7-14(11-28-31(27)30-13-8-5-4-6-9-13)29-15(10-20)26-12-23-16-17(22-2)24-19(21)25-18(16)26/h4-6,8-9,12,14-15H,3,7,10-11H2,1-2H3,(H3,21,22,24,25)/q+1/t14-,15+/m0/s1. The zero-order chi connectivity index (χ0) is 22.2. The van der Waals surface area contributed by atoms with Gasteiger partial charge in [0.15, 0.2) is 29.0 Å². The smallest absolute Gasteiger partial charge is 0.371 e. The summed E-state index contributed by atoms with van der Waals surface area (Å²) in [6, 6.07) is 8.69. The van der Waals surface area contributed by atoms with Crippen molar-refractivity contribution in [1.82, 2.24) is 19.5 Å². The number of alkyl halides is 1. The van der Waals surface area contributed by atoms with E-state index in [-0.39, 0.29) is 12.6 Å². The lowest BCUT2D eigenvalue weighted by Gasteiger charge is -2.22. The molecule has 31 heavy (non-hydrogen) atoms. The van der Waals surface area contributed by atoms with E-state index in [1.165, 1.54) is 10.9 Å². The maximum absolute atomic E-state index is 13.9. The van der Waals surface area contributed by atoms with Crippen LogP contribution in [0.15, 0.2) is 36.7 Å². The molecule has 2 heterocycles. The molecule has 0 aliphatic carbocycles. The minimum Gasteiger partial charge on any atom is -0.371 e. The van der Waals surface area contributed by atoms with Crippen molar-refractivity contribution in [2.45, 2.75) is 32.1 Å². The predicted molar refractivity (Wildman–Crippen MR) is 115 cm³/mol. The van der Waals surface area contributed by atoms with E-state index in [0.717, 1.165) is 6.42 Å². The first-order valence-corrected chi connectivity index (χ1v) is 10.9. The maximum Gasteiger partial charge on any atom is 0.750 e. The maximum atomic E-state index is 13.9. The molecule has 1 aromatic carbocycles. The molecule has 2 aromatic heterocycles. The highest BCUT2D eigenvalue weighted by Gasteiger charge is 2.28. The Balaban J connectivity index is 1.70. The van der Waals surface area contributed by atoms with Gasteiger partial charge in [0.25, 0.3) is 0 Å². The highest BCUT2D eigenvalue weighted by atomic mass is 31.1. The molecule has 3 N–H and O–H groups in total. The van der Waals surface area contributed by atoms with Crippen molar-refractivity contribution in [1.29, 1.82) is 0 Å². The van der Waals surface area contributed by atoms with E-state index < -0.39 is 27.3 Å². The second-order valence-electron chi connectivity index (χ2n) is 6.58. The van der Waals surface area contributed by atoms with Gasteiger partial charge in [-0.3, -0.25) is 4.57 Å². The van der Waals surface area contributed by atoms with Crippen molar-refractivity contribution in [3.05, 3.63) is 36.7 Å². The Labute approximate surface area is 179 Å². The number of nitrogens with zero attached hydrogens (tertiary/aromatic N) is 4. The van der Waals surface area contributed by atoms with Gasteiger partial charge in [0.1, 0.15) is 13.3 Å². The normalized spacial score (nSPS) is 13.7. The summed E-state index contributed by atoms with van der Waals surface area (Å²) in [6.45, 7) is 1.09. The number of aromatic nitrogens is 4. The average molecular weight is 451 g/mol. The van der Waals surface area contributed by atoms with Crippen molar-refractivity contribution >= 4 is 31.2 Å². The van der Waals surface area contributed by atoms with Gasteiger partial charge in [-0.25, -0.2) is 13.9 Å². The lowest BCUT2D eigenvalue weighted by atomic mass is 10.2. The molecule has 0 bridgehead atoms. The van der Waals surface area contributed by atoms with Crippen LogP contribution in [0.5, 0.6) is 5.75 Å². The number of benzene rings is 1. The van der Waals surface area contributed by atoms with Gasteiger partial charge in [0.05, 0.1) is 12.4 Å². The number of halogens is 1. The Kier molecular flexibility index (Phi) is 8.05. The second kappa shape index (κ2) is 10.9. The van der Waals surface area contributed by atoms with Gasteiger partial charge < -0.3 is 15.8 Å². The first kappa shape index (κ1) is 22.8. The second-order valence-corrected chi connectivity index (χ2v) is 7.47. The van der Waals surface area contributed by atoms with Crippen molar-refractivity contribution < 1.29 is 22.7 Å². The van der Waals surface area contributed by atoms with E-state index in [9.17, 15) is 8.96 Å². The van der Waals surface area contributed by atoms with Crippen LogP contribution in [0, 0.1) is 0 Å². The van der Waals surface area contributed by atoms with Crippen LogP contribution in [0.2, 0.25) is 0 Å². The van der Waals surface area contributed by atoms with E-state index >= 15 is 0 Å². The van der Waals surface area contributed by atoms with Crippen LogP contribution in [-0.4, -0.2) is 46.0 Å². The number of fused-ring (bicyclic) bond motifs is 1. The fourth-order valence-electron chi connectivity index (χ4n) is 2.97. The van der Waals surface area contributed by atoms with Crippen LogP contribution >= 0.6 is 8.25 Å². The molecule has 0 aliphatic rings. The minimum absolute atomic E-state index is 0.0275. The molecule has 0 spiro atoms. The molecule has 0 fully saturated rings. The van der Waals surface area contributed by atoms with Crippen LogP contribution in [0.25, 0.3) is 11.2 Å². The Morgan fingerprint density at radius 3 is 2.74 bits per heavy atom. The minimum atomic E-state index is -2.40. The molecule has 3 aromatic rings. The molecule has 3 rings (SSSR count). The average Bonchev–Trinajstić information content (AvgIpc) is 3.19. The van der Waals surface area contributed by atoms with Gasteiger partial charge >= 0.3 is 8.25 Å². The topological polar surface area (TPSA) is 126 Å². The molecule has 166 valence electrons. The Hall–Kier alpha value is -2.88. The van der Waals surface area contributed by atoms with Gasteiger partial charge in [-0.1, -0.05) is 31.5 Å². The molecule has 0 amide bonds. The third-order valence-corrected chi connectivity index (χ3v) is 5.09. The van der Waals surface area contributed by atoms with E-state index in [4.69, 9.17) is 19.5 Å². The largest absolute Gasteiger partial charge is 0.750 e. The zero-order valence-electron chi connectivity index (χ0n) is 17.3. The van der Waals surface area contributed by atoms with E-state index in [1.807, 2.05) is 13.0 Å². The third-order valence-electron chi connectivity index (χ3n) is 4.37. The summed E-state index contributed by atoms with van der Waals surface area (Å²) in [7, 11) is -0.725. The Morgan fingerprint density at radius 1 is 1.29 bits per heavy atom. The fraction of sp³-hybridized carbons (Fsp3) is 0.421. The van der Waals surface area contributed by atoms with Crippen molar-refractivity contribution in [3.63, 3.8) is 0 Å². The molecule has 0 saturated heterocycles. The molecule has 0 aliphatic heterocycles. The Morgan fingerprint density at radius 2 is 2.06 bits per heavy atom. The molecular weight excluding hydrogens is 426 g/mol. The van der Waals surface area contributed by atoms with Crippen molar-refractivity contribution in [3.8, 4) is 5.75 Å². The van der Waals surface area contributed by atoms with Gasteiger partial charge in [-0.2, -0.15) is 9.97 Å². The fourth-order valence-corrected chi connectivity index (χ4v) is 3.60.